The van der Waals surface area contributed by atoms with Crippen LogP contribution in [0.1, 0.15) is 46.0 Å². The summed E-state index contributed by atoms with van der Waals surface area (Å²) in [5, 5.41) is 0.663. The summed E-state index contributed by atoms with van der Waals surface area (Å²) in [7, 11) is 0. The van der Waals surface area contributed by atoms with Crippen molar-refractivity contribution in [1.29, 1.82) is 0 Å². The zero-order valence-electron chi connectivity index (χ0n) is 14.3. The maximum Gasteiger partial charge on any atom is 0.268 e. The maximum atomic E-state index is 12.9. The molecule has 4 nitrogen and oxygen atoms in total. The molecule has 1 aromatic carbocycles. The summed E-state index contributed by atoms with van der Waals surface area (Å²) in [6.45, 7) is 4.98. The molecule has 2 aliphatic heterocycles. The van der Waals surface area contributed by atoms with E-state index in [0.717, 1.165) is 25.7 Å². The molecule has 2 atom stereocenters. The van der Waals surface area contributed by atoms with E-state index in [2.05, 4.69) is 13.8 Å². The molecule has 3 aliphatic rings. The Morgan fingerprint density at radius 3 is 2.50 bits per heavy atom. The Kier molecular flexibility index (Phi) is 3.81. The second-order valence-corrected chi connectivity index (χ2v) is 8.37. The number of hydrogen-bond donors (Lipinski definition) is 0. The second kappa shape index (κ2) is 5.63. The first kappa shape index (κ1) is 16.2. The first-order valence-electron chi connectivity index (χ1n) is 8.82. The van der Waals surface area contributed by atoms with Crippen LogP contribution in [0, 0.1) is 5.41 Å². The van der Waals surface area contributed by atoms with Gasteiger partial charge in [0.05, 0.1) is 12.6 Å². The lowest BCUT2D eigenvalue weighted by molar-refractivity contribution is -0.292. The normalized spacial score (nSPS) is 30.6. The van der Waals surface area contributed by atoms with Crippen LogP contribution in [0.3, 0.4) is 0 Å². The smallest absolute Gasteiger partial charge is 0.268 e. The molecule has 24 heavy (non-hydrogen) atoms. The van der Waals surface area contributed by atoms with E-state index in [0.29, 0.717) is 17.4 Å². The minimum atomic E-state index is -0.427. The standard InChI is InChI=1S/C19H24ClNO3/c1-18(2)12-23-19(10-4-3-5-11-19)21-16(18)15(17(21)22)24-14-8-6-13(20)7-9-14/h6-9,15-16H,3-5,10-12H2,1-2H3/t15-,16+/m1/s1. The quantitative estimate of drug-likeness (QED) is 0.757. The van der Waals surface area contributed by atoms with Gasteiger partial charge in [-0.1, -0.05) is 31.9 Å². The second-order valence-electron chi connectivity index (χ2n) is 7.93. The molecule has 3 fully saturated rings. The van der Waals surface area contributed by atoms with E-state index in [1.54, 1.807) is 12.1 Å². The number of halogens is 1. The van der Waals surface area contributed by atoms with Gasteiger partial charge in [-0.15, -0.1) is 0 Å². The van der Waals surface area contributed by atoms with Crippen molar-refractivity contribution in [2.24, 2.45) is 5.41 Å². The maximum absolute atomic E-state index is 12.9. The summed E-state index contributed by atoms with van der Waals surface area (Å²) in [5.74, 6) is 0.752. The van der Waals surface area contributed by atoms with Crippen LogP contribution < -0.4 is 4.74 Å². The summed E-state index contributed by atoms with van der Waals surface area (Å²) in [5.41, 5.74) is -0.511. The van der Waals surface area contributed by atoms with E-state index in [4.69, 9.17) is 21.1 Å². The van der Waals surface area contributed by atoms with E-state index in [1.807, 2.05) is 17.0 Å². The molecular formula is C19H24ClNO3. The third-order valence-electron chi connectivity index (χ3n) is 5.71. The fourth-order valence-corrected chi connectivity index (χ4v) is 4.54. The zero-order valence-corrected chi connectivity index (χ0v) is 15.0. The van der Waals surface area contributed by atoms with Crippen molar-refractivity contribution in [1.82, 2.24) is 4.90 Å². The molecule has 0 radical (unpaired) electrons. The predicted molar refractivity (Wildman–Crippen MR) is 92.1 cm³/mol. The first-order valence-corrected chi connectivity index (χ1v) is 9.20. The van der Waals surface area contributed by atoms with E-state index >= 15 is 0 Å². The van der Waals surface area contributed by atoms with Crippen molar-refractivity contribution >= 4 is 17.5 Å². The van der Waals surface area contributed by atoms with E-state index in [1.165, 1.54) is 6.42 Å². The third-order valence-corrected chi connectivity index (χ3v) is 5.96. The Bertz CT molecular complexity index is 637. The van der Waals surface area contributed by atoms with Crippen molar-refractivity contribution in [2.75, 3.05) is 6.61 Å². The molecule has 1 amide bonds. The van der Waals surface area contributed by atoms with Gasteiger partial charge in [-0.3, -0.25) is 4.79 Å². The van der Waals surface area contributed by atoms with Gasteiger partial charge in [-0.2, -0.15) is 0 Å². The third kappa shape index (κ3) is 2.42. The SMILES string of the molecule is CC1(C)COC2(CCCCC2)N2C(=O)[C@H](Oc3ccc(Cl)cc3)[C@H]21. The number of benzene rings is 1. The molecule has 1 aliphatic carbocycles. The Balaban J connectivity index is 1.59. The Labute approximate surface area is 148 Å². The average Bonchev–Trinajstić information content (AvgIpc) is 2.57. The molecular weight excluding hydrogens is 326 g/mol. The van der Waals surface area contributed by atoms with Crippen LogP contribution in [0.15, 0.2) is 24.3 Å². The van der Waals surface area contributed by atoms with Crippen LogP contribution in [0.5, 0.6) is 5.75 Å². The summed E-state index contributed by atoms with van der Waals surface area (Å²) in [4.78, 5) is 14.9. The van der Waals surface area contributed by atoms with Gasteiger partial charge in [0.2, 0.25) is 0 Å². The molecule has 0 N–H and O–H groups in total. The number of β-lactam (4-membered cyclic amide) rings is 1. The van der Waals surface area contributed by atoms with Crippen molar-refractivity contribution < 1.29 is 14.3 Å². The Hall–Kier alpha value is -1.26. The fraction of sp³-hybridized carbons (Fsp3) is 0.632. The lowest BCUT2D eigenvalue weighted by Gasteiger charge is -2.64. The minimum absolute atomic E-state index is 0.0598. The van der Waals surface area contributed by atoms with Gasteiger partial charge in [-0.25, -0.2) is 0 Å². The topological polar surface area (TPSA) is 38.8 Å². The largest absolute Gasteiger partial charge is 0.478 e. The van der Waals surface area contributed by atoms with Crippen molar-refractivity contribution in [3.8, 4) is 5.75 Å². The lowest BCUT2D eigenvalue weighted by Crippen LogP contribution is -2.81. The van der Waals surface area contributed by atoms with Crippen LogP contribution in [-0.4, -0.2) is 35.3 Å². The molecule has 1 spiro atoms. The lowest BCUT2D eigenvalue weighted by atomic mass is 9.70. The average molecular weight is 350 g/mol. The zero-order chi connectivity index (χ0) is 16.9. The van der Waals surface area contributed by atoms with Crippen LogP contribution in [0.2, 0.25) is 5.02 Å². The summed E-state index contributed by atoms with van der Waals surface area (Å²) in [6.07, 6.45) is 4.94. The number of hydrogen-bond acceptors (Lipinski definition) is 3. The number of fused-ring (bicyclic) bond motifs is 2. The highest BCUT2D eigenvalue weighted by Gasteiger charge is 2.66. The molecule has 1 saturated carbocycles. The van der Waals surface area contributed by atoms with Gasteiger partial charge in [0.1, 0.15) is 11.5 Å². The number of nitrogens with zero attached hydrogens (tertiary/aromatic N) is 1. The molecule has 2 heterocycles. The number of carbonyl (C=O) groups excluding carboxylic acids is 1. The van der Waals surface area contributed by atoms with Gasteiger partial charge in [0, 0.05) is 10.4 Å². The number of amides is 1. The molecule has 0 unspecified atom stereocenters. The van der Waals surface area contributed by atoms with Gasteiger partial charge in [-0.05, 0) is 49.9 Å². The minimum Gasteiger partial charge on any atom is -0.478 e. The van der Waals surface area contributed by atoms with Gasteiger partial charge >= 0.3 is 0 Å². The molecule has 1 aromatic rings. The van der Waals surface area contributed by atoms with Gasteiger partial charge in [0.25, 0.3) is 5.91 Å². The molecule has 0 aromatic heterocycles. The molecule has 2 saturated heterocycles. The highest BCUT2D eigenvalue weighted by molar-refractivity contribution is 6.30. The Morgan fingerprint density at radius 1 is 1.17 bits per heavy atom. The summed E-state index contributed by atoms with van der Waals surface area (Å²) < 4.78 is 12.3. The van der Waals surface area contributed by atoms with E-state index in [-0.39, 0.29) is 17.4 Å². The number of carbonyl (C=O) groups is 1. The summed E-state index contributed by atoms with van der Waals surface area (Å²) >= 11 is 5.93. The van der Waals surface area contributed by atoms with E-state index < -0.39 is 11.8 Å². The van der Waals surface area contributed by atoms with E-state index in [9.17, 15) is 4.79 Å². The Morgan fingerprint density at radius 2 is 1.83 bits per heavy atom. The fourth-order valence-electron chi connectivity index (χ4n) is 4.42. The highest BCUT2D eigenvalue weighted by atomic mass is 35.5. The molecule has 5 heteroatoms. The monoisotopic (exact) mass is 349 g/mol. The number of ether oxygens (including phenoxy) is 2. The van der Waals surface area contributed by atoms with Crippen LogP contribution in [0.4, 0.5) is 0 Å². The van der Waals surface area contributed by atoms with Crippen LogP contribution in [-0.2, 0) is 9.53 Å². The number of rotatable bonds is 2. The molecule has 0 bridgehead atoms. The molecule has 4 rings (SSSR count). The highest BCUT2D eigenvalue weighted by Crippen LogP contribution is 2.51. The van der Waals surface area contributed by atoms with Crippen molar-refractivity contribution in [3.63, 3.8) is 0 Å². The van der Waals surface area contributed by atoms with Crippen molar-refractivity contribution in [3.05, 3.63) is 29.3 Å². The summed E-state index contributed by atoms with van der Waals surface area (Å²) in [6, 6.07) is 7.28. The van der Waals surface area contributed by atoms with Gasteiger partial charge < -0.3 is 14.4 Å². The van der Waals surface area contributed by atoms with Crippen LogP contribution >= 0.6 is 11.6 Å². The first-order chi connectivity index (χ1) is 11.4. The van der Waals surface area contributed by atoms with Crippen LogP contribution in [0.25, 0.3) is 0 Å². The molecule has 130 valence electrons. The van der Waals surface area contributed by atoms with Gasteiger partial charge in [0.15, 0.2) is 6.10 Å². The predicted octanol–water partition coefficient (Wildman–Crippen LogP) is 4.02. The van der Waals surface area contributed by atoms with Crippen molar-refractivity contribution in [2.45, 2.75) is 63.8 Å².